The van der Waals surface area contributed by atoms with Crippen LogP contribution in [-0.2, 0) is 17.8 Å². The molecule has 1 aromatic carbocycles. The summed E-state index contributed by atoms with van der Waals surface area (Å²) in [4.78, 5) is 21.4. The molecule has 1 amide bonds. The Labute approximate surface area is 160 Å². The quantitative estimate of drug-likeness (QED) is 0.551. The average Bonchev–Trinajstić information content (AvgIpc) is 3.04. The molecule has 2 aromatic heterocycles. The van der Waals surface area contributed by atoms with Crippen molar-refractivity contribution < 1.29 is 4.79 Å². The van der Waals surface area contributed by atoms with Gasteiger partial charge in [-0.15, -0.1) is 0 Å². The molecule has 5 heteroatoms. The molecule has 0 spiro atoms. The molecule has 0 atom stereocenters. The van der Waals surface area contributed by atoms with E-state index in [4.69, 9.17) is 4.98 Å². The monoisotopic (exact) mass is 364 g/mol. The summed E-state index contributed by atoms with van der Waals surface area (Å²) in [5.41, 5.74) is 2.95. The Morgan fingerprint density at radius 1 is 1.07 bits per heavy atom. The number of hydrogen-bond donors (Lipinski definition) is 1. The fraction of sp³-hybridized carbons (Fsp3) is 0.409. The highest BCUT2D eigenvalue weighted by Crippen LogP contribution is 2.17. The van der Waals surface area contributed by atoms with E-state index in [-0.39, 0.29) is 5.91 Å². The van der Waals surface area contributed by atoms with Gasteiger partial charge in [-0.2, -0.15) is 0 Å². The van der Waals surface area contributed by atoms with Crippen LogP contribution >= 0.6 is 0 Å². The van der Waals surface area contributed by atoms with Crippen LogP contribution in [0.4, 0.5) is 0 Å². The number of fused-ring (bicyclic) bond motifs is 1. The molecule has 0 saturated carbocycles. The third kappa shape index (κ3) is 5.39. The van der Waals surface area contributed by atoms with Gasteiger partial charge in [0.2, 0.25) is 5.91 Å². The summed E-state index contributed by atoms with van der Waals surface area (Å²) < 4.78 is 2.12. The Kier molecular flexibility index (Phi) is 6.97. The van der Waals surface area contributed by atoms with E-state index in [0.717, 1.165) is 30.0 Å². The van der Waals surface area contributed by atoms with Crippen molar-refractivity contribution in [2.24, 2.45) is 0 Å². The fourth-order valence-corrected chi connectivity index (χ4v) is 3.22. The zero-order valence-corrected chi connectivity index (χ0v) is 16.0. The molecular weight excluding hydrogens is 336 g/mol. The molecule has 0 fully saturated rings. The molecule has 0 unspecified atom stereocenters. The molecule has 1 N–H and O–H groups in total. The maximum atomic E-state index is 12.2. The van der Waals surface area contributed by atoms with Gasteiger partial charge in [0.05, 0.1) is 6.54 Å². The van der Waals surface area contributed by atoms with E-state index >= 15 is 0 Å². The lowest BCUT2D eigenvalue weighted by Crippen LogP contribution is -2.25. The van der Waals surface area contributed by atoms with Gasteiger partial charge in [-0.25, -0.2) is 9.97 Å². The van der Waals surface area contributed by atoms with Crippen LogP contribution in [0.2, 0.25) is 0 Å². The largest absolute Gasteiger partial charge is 0.356 e. The predicted molar refractivity (Wildman–Crippen MR) is 109 cm³/mol. The molecule has 27 heavy (non-hydrogen) atoms. The van der Waals surface area contributed by atoms with E-state index in [2.05, 4.69) is 33.9 Å². The minimum absolute atomic E-state index is 0.0952. The van der Waals surface area contributed by atoms with Crippen LogP contribution in [0.5, 0.6) is 0 Å². The highest BCUT2D eigenvalue weighted by molar-refractivity contribution is 5.76. The van der Waals surface area contributed by atoms with Crippen LogP contribution in [-0.4, -0.2) is 27.0 Å². The highest BCUT2D eigenvalue weighted by atomic mass is 16.1. The SMILES string of the molecule is CCCCCCNC(=O)CCc1nc2cccnc2n1Cc1ccccc1. The number of pyridine rings is 1. The van der Waals surface area contributed by atoms with Gasteiger partial charge < -0.3 is 9.88 Å². The third-order valence-corrected chi connectivity index (χ3v) is 4.69. The summed E-state index contributed by atoms with van der Waals surface area (Å²) in [7, 11) is 0. The summed E-state index contributed by atoms with van der Waals surface area (Å²) in [6, 6.07) is 14.2. The minimum atomic E-state index is 0.0952. The Balaban J connectivity index is 1.65. The van der Waals surface area contributed by atoms with Crippen LogP contribution in [0.1, 0.15) is 50.4 Å². The Bertz CT molecular complexity index is 857. The minimum Gasteiger partial charge on any atom is -0.356 e. The lowest BCUT2D eigenvalue weighted by molar-refractivity contribution is -0.121. The van der Waals surface area contributed by atoms with Crippen LogP contribution in [0, 0.1) is 0 Å². The summed E-state index contributed by atoms with van der Waals surface area (Å²) in [6.45, 7) is 3.66. The molecule has 0 aliphatic heterocycles. The number of carbonyl (C=O) groups is 1. The Morgan fingerprint density at radius 2 is 1.93 bits per heavy atom. The van der Waals surface area contributed by atoms with Gasteiger partial charge in [0.1, 0.15) is 11.3 Å². The maximum Gasteiger partial charge on any atom is 0.220 e. The van der Waals surface area contributed by atoms with E-state index in [0.29, 0.717) is 19.4 Å². The fourth-order valence-electron chi connectivity index (χ4n) is 3.22. The molecule has 142 valence electrons. The summed E-state index contributed by atoms with van der Waals surface area (Å²) >= 11 is 0. The van der Waals surface area contributed by atoms with Gasteiger partial charge in [0, 0.05) is 25.6 Å². The molecule has 0 radical (unpaired) electrons. The van der Waals surface area contributed by atoms with Crippen molar-refractivity contribution in [2.45, 2.75) is 52.0 Å². The first-order valence-corrected chi connectivity index (χ1v) is 9.88. The standard InChI is InChI=1S/C22H28N4O/c1-2-3-4-8-15-23-21(27)14-13-20-25-19-12-9-16-24-22(19)26(20)17-18-10-6-5-7-11-18/h5-7,9-12,16H,2-4,8,13-15,17H2,1H3,(H,23,27). The summed E-state index contributed by atoms with van der Waals surface area (Å²) in [5, 5.41) is 3.02. The van der Waals surface area contributed by atoms with Gasteiger partial charge in [-0.3, -0.25) is 4.79 Å². The molecule has 0 aliphatic carbocycles. The first-order chi connectivity index (χ1) is 13.3. The first-order valence-electron chi connectivity index (χ1n) is 9.88. The van der Waals surface area contributed by atoms with Gasteiger partial charge in [-0.05, 0) is 24.1 Å². The molecular formula is C22H28N4O. The van der Waals surface area contributed by atoms with E-state index in [1.165, 1.54) is 24.8 Å². The number of rotatable bonds is 10. The number of aryl methyl sites for hydroxylation is 1. The zero-order valence-electron chi connectivity index (χ0n) is 16.0. The molecule has 3 aromatic rings. The molecule has 5 nitrogen and oxygen atoms in total. The molecule has 3 rings (SSSR count). The lowest BCUT2D eigenvalue weighted by Gasteiger charge is -2.09. The van der Waals surface area contributed by atoms with E-state index in [1.54, 1.807) is 6.20 Å². The van der Waals surface area contributed by atoms with Crippen molar-refractivity contribution in [1.29, 1.82) is 0 Å². The van der Waals surface area contributed by atoms with Gasteiger partial charge in [0.25, 0.3) is 0 Å². The molecule has 0 saturated heterocycles. The first kappa shape index (κ1) is 19.1. The summed E-state index contributed by atoms with van der Waals surface area (Å²) in [6.07, 6.45) is 7.52. The second-order valence-electron chi connectivity index (χ2n) is 6.86. The molecule has 2 heterocycles. The van der Waals surface area contributed by atoms with Gasteiger partial charge in [-0.1, -0.05) is 56.5 Å². The number of nitrogens with zero attached hydrogens (tertiary/aromatic N) is 3. The predicted octanol–water partition coefficient (Wildman–Crippen LogP) is 4.11. The van der Waals surface area contributed by atoms with Crippen molar-refractivity contribution in [3.8, 4) is 0 Å². The number of aromatic nitrogens is 3. The van der Waals surface area contributed by atoms with Crippen molar-refractivity contribution in [3.63, 3.8) is 0 Å². The van der Waals surface area contributed by atoms with Crippen molar-refractivity contribution >= 4 is 17.1 Å². The van der Waals surface area contributed by atoms with Crippen molar-refractivity contribution in [2.75, 3.05) is 6.54 Å². The molecule has 0 aliphatic rings. The number of imidazole rings is 1. The summed E-state index contributed by atoms with van der Waals surface area (Å²) in [5.74, 6) is 1.01. The number of amides is 1. The maximum absolute atomic E-state index is 12.2. The van der Waals surface area contributed by atoms with Crippen LogP contribution in [0.15, 0.2) is 48.7 Å². The van der Waals surface area contributed by atoms with Gasteiger partial charge >= 0.3 is 0 Å². The number of nitrogens with one attached hydrogen (secondary N) is 1. The van der Waals surface area contributed by atoms with Crippen molar-refractivity contribution in [1.82, 2.24) is 19.9 Å². The topological polar surface area (TPSA) is 59.8 Å². The zero-order chi connectivity index (χ0) is 18.9. The average molecular weight is 364 g/mol. The normalized spacial score (nSPS) is 11.0. The van der Waals surface area contributed by atoms with E-state index < -0.39 is 0 Å². The van der Waals surface area contributed by atoms with Crippen LogP contribution in [0.3, 0.4) is 0 Å². The number of unbranched alkanes of at least 4 members (excludes halogenated alkanes) is 3. The van der Waals surface area contributed by atoms with E-state index in [1.807, 2.05) is 30.3 Å². The smallest absolute Gasteiger partial charge is 0.220 e. The second-order valence-corrected chi connectivity index (χ2v) is 6.86. The number of carbonyl (C=O) groups excluding carboxylic acids is 1. The van der Waals surface area contributed by atoms with Crippen molar-refractivity contribution in [3.05, 3.63) is 60.0 Å². The number of hydrogen-bond acceptors (Lipinski definition) is 3. The Morgan fingerprint density at radius 3 is 2.74 bits per heavy atom. The van der Waals surface area contributed by atoms with Crippen LogP contribution in [0.25, 0.3) is 11.2 Å². The second kappa shape index (κ2) is 9.86. The third-order valence-electron chi connectivity index (χ3n) is 4.69. The highest BCUT2D eigenvalue weighted by Gasteiger charge is 2.13. The van der Waals surface area contributed by atoms with Gasteiger partial charge in [0.15, 0.2) is 5.65 Å². The molecule has 0 bridgehead atoms. The van der Waals surface area contributed by atoms with Crippen LogP contribution < -0.4 is 5.32 Å². The Hall–Kier alpha value is -2.69. The lowest BCUT2D eigenvalue weighted by atomic mass is 10.2. The number of benzene rings is 1. The van der Waals surface area contributed by atoms with E-state index in [9.17, 15) is 4.79 Å².